The molecule has 0 fully saturated rings. The SMILES string of the molecule is CCCCCCCC(=O)N(Cc1ccc(C)cc1)[C@@H]1C=C(C(=O)NCCO)[C@@H]2c3cc(C=O)cc(OC)c3O[C@@H]2[C@H]1O. The second kappa shape index (κ2) is 14.5. The molecule has 42 heavy (non-hydrogen) atoms. The fraction of sp³-hybridized carbons (Fsp3) is 0.485. The van der Waals surface area contributed by atoms with E-state index in [0.29, 0.717) is 40.9 Å². The van der Waals surface area contributed by atoms with Crippen molar-refractivity contribution in [3.05, 3.63) is 70.3 Å². The number of nitrogens with zero attached hydrogens (tertiary/aromatic N) is 1. The normalized spacial score (nSPS) is 20.5. The Kier molecular flexibility index (Phi) is 10.8. The maximum atomic E-state index is 13.8. The molecule has 0 radical (unpaired) electrons. The minimum absolute atomic E-state index is 0.0377. The highest BCUT2D eigenvalue weighted by molar-refractivity contribution is 5.96. The van der Waals surface area contributed by atoms with Crippen molar-refractivity contribution in [2.75, 3.05) is 20.3 Å². The van der Waals surface area contributed by atoms with Gasteiger partial charge in [-0.1, -0.05) is 62.4 Å². The number of aryl methyl sites for hydroxylation is 1. The molecule has 4 atom stereocenters. The predicted molar refractivity (Wildman–Crippen MR) is 159 cm³/mol. The molecule has 1 aliphatic carbocycles. The number of aliphatic hydroxyl groups excluding tert-OH is 2. The third-order valence-electron chi connectivity index (χ3n) is 8.06. The minimum Gasteiger partial charge on any atom is -0.493 e. The Bertz CT molecular complexity index is 1290. The Morgan fingerprint density at radius 2 is 1.86 bits per heavy atom. The fourth-order valence-corrected chi connectivity index (χ4v) is 5.83. The molecular weight excluding hydrogens is 536 g/mol. The molecule has 0 aromatic heterocycles. The zero-order valence-corrected chi connectivity index (χ0v) is 24.7. The van der Waals surface area contributed by atoms with Gasteiger partial charge < -0.3 is 29.9 Å². The van der Waals surface area contributed by atoms with Gasteiger partial charge >= 0.3 is 0 Å². The van der Waals surface area contributed by atoms with Gasteiger partial charge in [0.25, 0.3) is 0 Å². The van der Waals surface area contributed by atoms with Crippen LogP contribution in [0.5, 0.6) is 11.5 Å². The molecule has 9 heteroatoms. The van der Waals surface area contributed by atoms with E-state index in [4.69, 9.17) is 9.47 Å². The van der Waals surface area contributed by atoms with E-state index in [1.807, 2.05) is 31.2 Å². The number of aliphatic hydroxyl groups is 2. The first-order chi connectivity index (χ1) is 20.3. The van der Waals surface area contributed by atoms with Crippen LogP contribution in [-0.4, -0.2) is 71.7 Å². The molecule has 2 aromatic carbocycles. The Hall–Kier alpha value is -3.69. The van der Waals surface area contributed by atoms with Gasteiger partial charge in [-0.25, -0.2) is 0 Å². The lowest BCUT2D eigenvalue weighted by molar-refractivity contribution is -0.138. The van der Waals surface area contributed by atoms with Crippen molar-refractivity contribution < 1.29 is 34.1 Å². The van der Waals surface area contributed by atoms with Crippen molar-refractivity contribution in [3.8, 4) is 11.5 Å². The quantitative estimate of drug-likeness (QED) is 0.230. The van der Waals surface area contributed by atoms with E-state index < -0.39 is 30.1 Å². The smallest absolute Gasteiger partial charge is 0.247 e. The first-order valence-corrected chi connectivity index (χ1v) is 14.8. The summed E-state index contributed by atoms with van der Waals surface area (Å²) in [6.07, 6.45) is 5.56. The van der Waals surface area contributed by atoms with E-state index in [2.05, 4.69) is 12.2 Å². The van der Waals surface area contributed by atoms with Gasteiger partial charge in [0, 0.05) is 36.2 Å². The Morgan fingerprint density at radius 1 is 1.12 bits per heavy atom. The number of carbonyl (C=O) groups excluding carboxylic acids is 3. The number of fused-ring (bicyclic) bond motifs is 3. The molecule has 0 spiro atoms. The summed E-state index contributed by atoms with van der Waals surface area (Å²) in [7, 11) is 1.46. The van der Waals surface area contributed by atoms with Gasteiger partial charge in [-0.05, 0) is 37.1 Å². The number of hydrogen-bond donors (Lipinski definition) is 3. The van der Waals surface area contributed by atoms with Crippen LogP contribution >= 0.6 is 0 Å². The van der Waals surface area contributed by atoms with Gasteiger partial charge in [-0.15, -0.1) is 0 Å². The second-order valence-corrected chi connectivity index (χ2v) is 11.1. The van der Waals surface area contributed by atoms with Crippen LogP contribution in [0.15, 0.2) is 48.0 Å². The van der Waals surface area contributed by atoms with Crippen molar-refractivity contribution in [1.82, 2.24) is 10.2 Å². The lowest BCUT2D eigenvalue weighted by Crippen LogP contribution is -2.55. The molecule has 3 N–H and O–H groups in total. The highest BCUT2D eigenvalue weighted by Gasteiger charge is 2.51. The van der Waals surface area contributed by atoms with Crippen LogP contribution in [0.3, 0.4) is 0 Å². The molecule has 4 rings (SSSR count). The van der Waals surface area contributed by atoms with Crippen molar-refractivity contribution in [2.45, 2.75) is 83.1 Å². The number of amides is 2. The van der Waals surface area contributed by atoms with Crippen molar-refractivity contribution in [1.29, 1.82) is 0 Å². The van der Waals surface area contributed by atoms with Gasteiger partial charge in [0.15, 0.2) is 11.5 Å². The van der Waals surface area contributed by atoms with E-state index in [9.17, 15) is 24.6 Å². The number of unbranched alkanes of at least 4 members (excludes halogenated alkanes) is 4. The summed E-state index contributed by atoms with van der Waals surface area (Å²) in [6.45, 7) is 4.18. The maximum Gasteiger partial charge on any atom is 0.247 e. The number of methoxy groups -OCH3 is 1. The maximum absolute atomic E-state index is 13.8. The molecule has 2 amide bonds. The van der Waals surface area contributed by atoms with E-state index in [0.717, 1.165) is 43.2 Å². The Labute approximate surface area is 247 Å². The molecule has 1 aliphatic heterocycles. The van der Waals surface area contributed by atoms with Crippen molar-refractivity contribution >= 4 is 18.1 Å². The number of benzene rings is 2. The van der Waals surface area contributed by atoms with Gasteiger partial charge in [0.1, 0.15) is 18.5 Å². The van der Waals surface area contributed by atoms with Crippen molar-refractivity contribution in [3.63, 3.8) is 0 Å². The lowest BCUT2D eigenvalue weighted by atomic mass is 9.77. The van der Waals surface area contributed by atoms with Crippen LogP contribution in [0.4, 0.5) is 0 Å². The average Bonchev–Trinajstić information content (AvgIpc) is 3.39. The summed E-state index contributed by atoms with van der Waals surface area (Å²) in [5.41, 5.74) is 3.20. The monoisotopic (exact) mass is 578 g/mol. The zero-order valence-electron chi connectivity index (χ0n) is 24.7. The van der Waals surface area contributed by atoms with E-state index >= 15 is 0 Å². The summed E-state index contributed by atoms with van der Waals surface area (Å²) >= 11 is 0. The predicted octanol–water partition coefficient (Wildman–Crippen LogP) is 3.83. The molecular formula is C33H42N2O7. The average molecular weight is 579 g/mol. The van der Waals surface area contributed by atoms with Crippen LogP contribution in [0.25, 0.3) is 0 Å². The highest BCUT2D eigenvalue weighted by atomic mass is 16.5. The number of rotatable bonds is 14. The summed E-state index contributed by atoms with van der Waals surface area (Å²) in [6, 6.07) is 10.2. The number of hydrogen-bond acceptors (Lipinski definition) is 7. The van der Waals surface area contributed by atoms with Gasteiger partial charge in [-0.2, -0.15) is 0 Å². The van der Waals surface area contributed by atoms with E-state index in [1.165, 1.54) is 7.11 Å². The zero-order chi connectivity index (χ0) is 30.2. The summed E-state index contributed by atoms with van der Waals surface area (Å²) in [5, 5.41) is 23.9. The number of ether oxygens (including phenoxy) is 2. The van der Waals surface area contributed by atoms with Crippen LogP contribution in [0, 0.1) is 6.92 Å². The van der Waals surface area contributed by atoms with Crippen LogP contribution in [0.2, 0.25) is 0 Å². The third-order valence-corrected chi connectivity index (χ3v) is 8.06. The molecule has 0 unspecified atom stereocenters. The lowest BCUT2D eigenvalue weighted by Gasteiger charge is -2.41. The minimum atomic E-state index is -1.17. The molecule has 2 aromatic rings. The first-order valence-electron chi connectivity index (χ1n) is 14.8. The second-order valence-electron chi connectivity index (χ2n) is 11.1. The summed E-state index contributed by atoms with van der Waals surface area (Å²) < 4.78 is 11.8. The van der Waals surface area contributed by atoms with Gasteiger partial charge in [0.2, 0.25) is 11.8 Å². The molecule has 0 saturated heterocycles. The number of aldehydes is 1. The topological polar surface area (TPSA) is 125 Å². The number of carbonyl (C=O) groups is 3. The largest absolute Gasteiger partial charge is 0.493 e. The summed E-state index contributed by atoms with van der Waals surface area (Å²) in [5.74, 6) is -0.583. The molecule has 9 nitrogen and oxygen atoms in total. The van der Waals surface area contributed by atoms with Crippen LogP contribution in [-0.2, 0) is 16.1 Å². The highest BCUT2D eigenvalue weighted by Crippen LogP contribution is 2.51. The molecule has 0 bridgehead atoms. The standard InChI is InChI=1S/C33H42N2O7/c1-4-5-6-7-8-9-28(38)35(19-22-12-10-21(2)11-13-22)26-18-25(33(40)34-14-15-36)29-24-16-23(20-37)17-27(41-3)31(24)42-32(29)30(26)39/h10-13,16-18,20,26,29-30,32,36,39H,4-9,14-15,19H2,1-3H3,(H,34,40)/t26-,29+,30+,32+/m1/s1. The molecule has 0 saturated carbocycles. The molecule has 2 aliphatic rings. The molecule has 1 heterocycles. The van der Waals surface area contributed by atoms with Crippen LogP contribution in [0.1, 0.15) is 78.4 Å². The Balaban J connectivity index is 1.74. The fourth-order valence-electron chi connectivity index (χ4n) is 5.83. The number of nitrogens with one attached hydrogen (secondary N) is 1. The van der Waals surface area contributed by atoms with Gasteiger partial charge in [-0.3, -0.25) is 14.4 Å². The Morgan fingerprint density at radius 3 is 2.52 bits per heavy atom. The molecule has 226 valence electrons. The van der Waals surface area contributed by atoms with Crippen LogP contribution < -0.4 is 14.8 Å². The third kappa shape index (κ3) is 6.85. The van der Waals surface area contributed by atoms with Gasteiger partial charge in [0.05, 0.1) is 25.7 Å². The summed E-state index contributed by atoms with van der Waals surface area (Å²) in [4.78, 5) is 40.6. The van der Waals surface area contributed by atoms with Crippen molar-refractivity contribution in [2.24, 2.45) is 0 Å². The van der Waals surface area contributed by atoms with E-state index in [-0.39, 0.29) is 25.6 Å². The first kappa shape index (κ1) is 31.3. The van der Waals surface area contributed by atoms with E-state index in [1.54, 1.807) is 23.1 Å².